The monoisotopic (exact) mass is 686 g/mol. The van der Waals surface area contributed by atoms with Gasteiger partial charge in [0.2, 0.25) is 0 Å². The van der Waals surface area contributed by atoms with Crippen LogP contribution in [-0.4, -0.2) is 0 Å². The Hall–Kier alpha value is -7.16. The highest BCUT2D eigenvalue weighted by atomic mass is 16.3. The third-order valence-corrected chi connectivity index (χ3v) is 11.5. The first kappa shape index (κ1) is 29.4. The van der Waals surface area contributed by atoms with Gasteiger partial charge in [0.05, 0.1) is 0 Å². The predicted molar refractivity (Wildman–Crippen MR) is 227 cm³/mol. The molecule has 0 aliphatic heterocycles. The molecule has 54 heavy (non-hydrogen) atoms. The van der Waals surface area contributed by atoms with Crippen LogP contribution in [0.15, 0.2) is 191 Å². The SMILES string of the molecule is c1ccc2c(-c3c4ccccc4c(-c4ccc(-c5ccc6oc7c(ccc8c7ccc7c9ccccc9oc78)c6c5)cc4)c4ccccc34)cccc2c1. The molecular formula is C52H30O2. The molecule has 2 nitrogen and oxygen atoms in total. The summed E-state index contributed by atoms with van der Waals surface area (Å²) in [6, 6.07) is 65.7. The van der Waals surface area contributed by atoms with Gasteiger partial charge in [-0.05, 0) is 108 Å². The van der Waals surface area contributed by atoms with Gasteiger partial charge < -0.3 is 8.83 Å². The fraction of sp³-hybridized carbons (Fsp3) is 0. The van der Waals surface area contributed by atoms with E-state index in [1.165, 1.54) is 60.1 Å². The molecule has 250 valence electrons. The molecule has 12 aromatic rings. The highest BCUT2D eigenvalue weighted by molar-refractivity contribution is 6.24. The first-order valence-corrected chi connectivity index (χ1v) is 18.5. The summed E-state index contributed by atoms with van der Waals surface area (Å²) in [5.41, 5.74) is 10.9. The molecule has 0 unspecified atom stereocenters. The Bertz CT molecular complexity index is 3430. The van der Waals surface area contributed by atoms with E-state index in [0.717, 1.165) is 60.2 Å². The second-order valence-electron chi connectivity index (χ2n) is 14.3. The van der Waals surface area contributed by atoms with Crippen LogP contribution in [0.2, 0.25) is 0 Å². The number of hydrogen-bond donors (Lipinski definition) is 0. The van der Waals surface area contributed by atoms with Crippen LogP contribution >= 0.6 is 0 Å². The lowest BCUT2D eigenvalue weighted by atomic mass is 9.84. The number of furan rings is 2. The summed E-state index contributed by atoms with van der Waals surface area (Å²) in [4.78, 5) is 0. The van der Waals surface area contributed by atoms with Crippen molar-refractivity contribution in [2.24, 2.45) is 0 Å². The van der Waals surface area contributed by atoms with E-state index in [1.807, 2.05) is 12.1 Å². The summed E-state index contributed by atoms with van der Waals surface area (Å²) in [6.07, 6.45) is 0. The summed E-state index contributed by atoms with van der Waals surface area (Å²) in [5.74, 6) is 0. The molecule has 0 N–H and O–H groups in total. The Kier molecular flexibility index (Phi) is 6.09. The summed E-state index contributed by atoms with van der Waals surface area (Å²) >= 11 is 0. The predicted octanol–water partition coefficient (Wildman–Crippen LogP) is 15.1. The standard InChI is InChI=1S/C52H30O2/c1-2-12-35-32(10-1)11-9-18-37(35)50-40-16-5-3-14-38(40)49(39-15-4-6-17-41(39)50)33-22-20-31(21-23-33)34-24-29-48-46(30-34)45-28-27-43-44(52(45)54-48)26-25-42-36-13-7-8-19-47(36)53-51(42)43/h1-30H. The molecule has 0 atom stereocenters. The normalized spacial score (nSPS) is 12.1. The molecule has 10 aromatic carbocycles. The number of rotatable bonds is 3. The molecule has 2 heteroatoms. The average molecular weight is 687 g/mol. The number of hydrogen-bond acceptors (Lipinski definition) is 2. The van der Waals surface area contributed by atoms with Crippen LogP contribution in [0, 0.1) is 0 Å². The van der Waals surface area contributed by atoms with Crippen LogP contribution in [0.3, 0.4) is 0 Å². The van der Waals surface area contributed by atoms with E-state index >= 15 is 0 Å². The summed E-state index contributed by atoms with van der Waals surface area (Å²) < 4.78 is 12.9. The number of fused-ring (bicyclic) bond motifs is 12. The third kappa shape index (κ3) is 4.17. The van der Waals surface area contributed by atoms with Gasteiger partial charge >= 0.3 is 0 Å². The molecule has 0 aliphatic carbocycles. The molecule has 0 amide bonds. The molecule has 0 saturated heterocycles. The molecule has 12 rings (SSSR count). The van der Waals surface area contributed by atoms with E-state index in [4.69, 9.17) is 8.83 Å². The van der Waals surface area contributed by atoms with Gasteiger partial charge in [0.15, 0.2) is 0 Å². The lowest BCUT2D eigenvalue weighted by molar-refractivity contribution is 0.669. The second kappa shape index (κ2) is 11.2. The molecule has 2 heterocycles. The van der Waals surface area contributed by atoms with Crippen LogP contribution in [0.1, 0.15) is 0 Å². The van der Waals surface area contributed by atoms with E-state index in [2.05, 4.69) is 170 Å². The van der Waals surface area contributed by atoms with Crippen molar-refractivity contribution in [2.75, 3.05) is 0 Å². The molecule has 0 radical (unpaired) electrons. The quantitative estimate of drug-likeness (QED) is 0.173. The van der Waals surface area contributed by atoms with Gasteiger partial charge in [-0.25, -0.2) is 0 Å². The first-order valence-electron chi connectivity index (χ1n) is 18.5. The lowest BCUT2D eigenvalue weighted by Crippen LogP contribution is -1.91. The summed E-state index contributed by atoms with van der Waals surface area (Å²) in [7, 11) is 0. The van der Waals surface area contributed by atoms with Gasteiger partial charge in [-0.15, -0.1) is 0 Å². The molecule has 0 aliphatic rings. The summed E-state index contributed by atoms with van der Waals surface area (Å²) in [6.45, 7) is 0. The minimum Gasteiger partial charge on any atom is -0.455 e. The van der Waals surface area contributed by atoms with E-state index in [-0.39, 0.29) is 0 Å². The zero-order valence-electron chi connectivity index (χ0n) is 29.1. The van der Waals surface area contributed by atoms with Gasteiger partial charge in [0.25, 0.3) is 0 Å². The van der Waals surface area contributed by atoms with Crippen molar-refractivity contribution in [3.05, 3.63) is 182 Å². The maximum atomic E-state index is 6.56. The second-order valence-corrected chi connectivity index (χ2v) is 14.3. The first-order chi connectivity index (χ1) is 26.8. The fourth-order valence-electron chi connectivity index (χ4n) is 9.00. The van der Waals surface area contributed by atoms with Gasteiger partial charge in [-0.3, -0.25) is 0 Å². The summed E-state index contributed by atoms with van der Waals surface area (Å²) in [5, 5.41) is 14.2. The number of benzene rings is 10. The Morgan fingerprint density at radius 1 is 0.259 bits per heavy atom. The average Bonchev–Trinajstić information content (AvgIpc) is 3.81. The van der Waals surface area contributed by atoms with Crippen molar-refractivity contribution in [1.29, 1.82) is 0 Å². The molecule has 0 saturated carbocycles. The van der Waals surface area contributed by atoms with Crippen LogP contribution in [0.25, 0.3) is 120 Å². The molecule has 0 fully saturated rings. The highest BCUT2D eigenvalue weighted by Crippen LogP contribution is 2.46. The maximum Gasteiger partial charge on any atom is 0.143 e. The smallest absolute Gasteiger partial charge is 0.143 e. The molecule has 0 spiro atoms. The molecule has 2 aromatic heterocycles. The van der Waals surface area contributed by atoms with Gasteiger partial charge in [-0.1, -0.05) is 140 Å². The molecule has 0 bridgehead atoms. The zero-order valence-corrected chi connectivity index (χ0v) is 29.1. The van der Waals surface area contributed by atoms with E-state index in [1.54, 1.807) is 0 Å². The number of para-hydroxylation sites is 1. The van der Waals surface area contributed by atoms with E-state index < -0.39 is 0 Å². The van der Waals surface area contributed by atoms with Crippen molar-refractivity contribution in [3.63, 3.8) is 0 Å². The Morgan fingerprint density at radius 2 is 0.722 bits per heavy atom. The van der Waals surface area contributed by atoms with Crippen LogP contribution in [0.5, 0.6) is 0 Å². The Morgan fingerprint density at radius 3 is 1.39 bits per heavy atom. The van der Waals surface area contributed by atoms with Gasteiger partial charge in [-0.2, -0.15) is 0 Å². The van der Waals surface area contributed by atoms with E-state index in [9.17, 15) is 0 Å². The maximum absolute atomic E-state index is 6.56. The zero-order chi connectivity index (χ0) is 35.3. The van der Waals surface area contributed by atoms with Crippen molar-refractivity contribution < 1.29 is 8.83 Å². The Labute approximate surface area is 310 Å². The minimum absolute atomic E-state index is 0.881. The molecular weight excluding hydrogens is 657 g/mol. The third-order valence-electron chi connectivity index (χ3n) is 11.5. The van der Waals surface area contributed by atoms with Crippen molar-refractivity contribution in [2.45, 2.75) is 0 Å². The fourth-order valence-corrected chi connectivity index (χ4v) is 9.00. The van der Waals surface area contributed by atoms with Crippen LogP contribution < -0.4 is 0 Å². The van der Waals surface area contributed by atoms with Gasteiger partial charge in [0.1, 0.15) is 22.3 Å². The van der Waals surface area contributed by atoms with Crippen molar-refractivity contribution in [3.8, 4) is 33.4 Å². The minimum atomic E-state index is 0.881. The van der Waals surface area contributed by atoms with Crippen molar-refractivity contribution in [1.82, 2.24) is 0 Å². The van der Waals surface area contributed by atoms with Gasteiger partial charge in [0, 0.05) is 32.3 Å². The largest absolute Gasteiger partial charge is 0.455 e. The van der Waals surface area contributed by atoms with Crippen molar-refractivity contribution >= 4 is 87.0 Å². The topological polar surface area (TPSA) is 26.3 Å². The highest BCUT2D eigenvalue weighted by Gasteiger charge is 2.19. The Balaban J connectivity index is 0.993. The van der Waals surface area contributed by atoms with E-state index in [0.29, 0.717) is 0 Å². The lowest BCUT2D eigenvalue weighted by Gasteiger charge is -2.19. The van der Waals surface area contributed by atoms with Crippen LogP contribution in [-0.2, 0) is 0 Å². The van der Waals surface area contributed by atoms with Crippen LogP contribution in [0.4, 0.5) is 0 Å².